The second-order valence-electron chi connectivity index (χ2n) is 2.87. The Bertz CT molecular complexity index is 312. The Hall–Kier alpha value is -0.800. The zero-order chi connectivity index (χ0) is 10.4. The maximum absolute atomic E-state index is 5.55. The molecule has 3 heteroatoms. The van der Waals surface area contributed by atoms with Gasteiger partial charge in [0.1, 0.15) is 12.4 Å². The lowest BCUT2D eigenvalue weighted by Crippen LogP contribution is -2.05. The van der Waals surface area contributed by atoms with Gasteiger partial charge in [-0.15, -0.1) is 0 Å². The Balaban J connectivity index is 2.89. The smallest absolute Gasteiger partial charge is 0.137 e. The molecule has 0 aliphatic heterocycles. The number of nitrogens with two attached hydrogens (primary N) is 1. The molecule has 0 bridgehead atoms. The number of ether oxygens (including phenoxy) is 1. The van der Waals surface area contributed by atoms with Crippen molar-refractivity contribution in [2.24, 2.45) is 5.73 Å². The first kappa shape index (κ1) is 11.3. The third kappa shape index (κ3) is 2.86. The van der Waals surface area contributed by atoms with Gasteiger partial charge in [0.15, 0.2) is 0 Å². The zero-order valence-corrected chi connectivity index (χ0v) is 9.59. The minimum absolute atomic E-state index is 0.514. The van der Waals surface area contributed by atoms with E-state index in [1.807, 2.05) is 18.2 Å². The fourth-order valence-corrected chi connectivity index (χ4v) is 1.73. The summed E-state index contributed by atoms with van der Waals surface area (Å²) in [4.78, 5) is 0. The van der Waals surface area contributed by atoms with Gasteiger partial charge in [0.25, 0.3) is 0 Å². The molecule has 1 aromatic carbocycles. The summed E-state index contributed by atoms with van der Waals surface area (Å²) in [7, 11) is 0. The Morgan fingerprint density at radius 2 is 2.29 bits per heavy atom. The number of hydrogen-bond acceptors (Lipinski definition) is 2. The molecule has 0 amide bonds. The molecule has 0 aliphatic rings. The highest BCUT2D eigenvalue weighted by molar-refractivity contribution is 9.10. The van der Waals surface area contributed by atoms with E-state index in [9.17, 15) is 0 Å². The summed E-state index contributed by atoms with van der Waals surface area (Å²) in [6, 6.07) is 5.96. The summed E-state index contributed by atoms with van der Waals surface area (Å²) >= 11 is 3.45. The fraction of sp³-hybridized carbons (Fsp3) is 0.273. The van der Waals surface area contributed by atoms with Crippen LogP contribution < -0.4 is 10.5 Å². The fourth-order valence-electron chi connectivity index (χ4n) is 1.21. The molecule has 0 aliphatic carbocycles. The number of halogens is 1. The maximum Gasteiger partial charge on any atom is 0.137 e. The van der Waals surface area contributed by atoms with Crippen LogP contribution in [0.5, 0.6) is 5.75 Å². The second kappa shape index (κ2) is 5.83. The van der Waals surface area contributed by atoms with Crippen molar-refractivity contribution in [3.63, 3.8) is 0 Å². The van der Waals surface area contributed by atoms with Crippen molar-refractivity contribution in [2.75, 3.05) is 13.2 Å². The molecular weight excluding hydrogens is 242 g/mol. The van der Waals surface area contributed by atoms with Gasteiger partial charge in [0.2, 0.25) is 0 Å². The molecule has 1 aromatic rings. The van der Waals surface area contributed by atoms with Gasteiger partial charge in [0.05, 0.1) is 4.47 Å². The summed E-state index contributed by atoms with van der Waals surface area (Å²) in [6.07, 6.45) is 2.55. The van der Waals surface area contributed by atoms with Crippen LogP contribution in [0.25, 0.3) is 0 Å². The largest absolute Gasteiger partial charge is 0.488 e. The van der Waals surface area contributed by atoms with Crippen LogP contribution in [-0.4, -0.2) is 13.2 Å². The molecule has 76 valence electrons. The van der Waals surface area contributed by atoms with E-state index in [1.54, 1.807) is 6.08 Å². The van der Waals surface area contributed by atoms with Crippen LogP contribution in [0.15, 0.2) is 35.3 Å². The third-order valence-corrected chi connectivity index (χ3v) is 2.43. The molecule has 1 rings (SSSR count). The molecule has 14 heavy (non-hydrogen) atoms. The molecular formula is C11H14BrNO. The summed E-state index contributed by atoms with van der Waals surface area (Å²) in [5.74, 6) is 0.873. The van der Waals surface area contributed by atoms with Gasteiger partial charge >= 0.3 is 0 Å². The topological polar surface area (TPSA) is 35.2 Å². The van der Waals surface area contributed by atoms with Gasteiger partial charge in [-0.3, -0.25) is 0 Å². The average molecular weight is 256 g/mol. The first-order valence-electron chi connectivity index (χ1n) is 4.50. The van der Waals surface area contributed by atoms with E-state index >= 15 is 0 Å². The van der Waals surface area contributed by atoms with Gasteiger partial charge in [-0.2, -0.15) is 0 Å². The Morgan fingerprint density at radius 3 is 2.93 bits per heavy atom. The van der Waals surface area contributed by atoms with Gasteiger partial charge in [-0.05, 0) is 40.5 Å². The Kier molecular flexibility index (Phi) is 4.70. The monoisotopic (exact) mass is 255 g/mol. The van der Waals surface area contributed by atoms with E-state index in [-0.39, 0.29) is 0 Å². The molecule has 0 radical (unpaired) electrons. The third-order valence-electron chi connectivity index (χ3n) is 1.81. The number of benzene rings is 1. The predicted octanol–water partition coefficient (Wildman–Crippen LogP) is 2.52. The molecule has 2 N–H and O–H groups in total. The summed E-state index contributed by atoms with van der Waals surface area (Å²) in [5, 5.41) is 0. The van der Waals surface area contributed by atoms with E-state index in [0.717, 1.165) is 22.2 Å². The molecule has 0 aromatic heterocycles. The number of para-hydroxylation sites is 1. The van der Waals surface area contributed by atoms with Crippen LogP contribution >= 0.6 is 15.9 Å². The lowest BCUT2D eigenvalue weighted by Gasteiger charge is -2.11. The van der Waals surface area contributed by atoms with Crippen LogP contribution in [0.2, 0.25) is 0 Å². The highest BCUT2D eigenvalue weighted by Crippen LogP contribution is 2.29. The van der Waals surface area contributed by atoms with E-state index in [4.69, 9.17) is 10.5 Å². The molecule has 0 saturated carbocycles. The van der Waals surface area contributed by atoms with Crippen LogP contribution in [0, 0.1) is 0 Å². The van der Waals surface area contributed by atoms with Crippen LogP contribution in [0.4, 0.5) is 0 Å². The van der Waals surface area contributed by atoms with Crippen molar-refractivity contribution in [3.8, 4) is 5.75 Å². The average Bonchev–Trinajstić information content (AvgIpc) is 2.18. The van der Waals surface area contributed by atoms with Crippen molar-refractivity contribution in [2.45, 2.75) is 6.42 Å². The molecule has 0 fully saturated rings. The maximum atomic E-state index is 5.55. The standard InChI is InChI=1S/C11H14BrNO/c1-2-8-14-11-9(6-7-13)4-3-5-10(11)12/h2-5H,1,6-8,13H2. The molecule has 0 unspecified atom stereocenters. The highest BCUT2D eigenvalue weighted by atomic mass is 79.9. The molecule has 0 heterocycles. The highest BCUT2D eigenvalue weighted by Gasteiger charge is 2.06. The normalized spacial score (nSPS) is 9.86. The van der Waals surface area contributed by atoms with Crippen LogP contribution in [-0.2, 0) is 6.42 Å². The summed E-state index contributed by atoms with van der Waals surface area (Å²) in [5.41, 5.74) is 6.65. The zero-order valence-electron chi connectivity index (χ0n) is 8.00. The molecule has 0 saturated heterocycles. The summed E-state index contributed by atoms with van der Waals surface area (Å²) < 4.78 is 6.51. The van der Waals surface area contributed by atoms with Crippen molar-refractivity contribution in [3.05, 3.63) is 40.9 Å². The molecule has 0 spiro atoms. The van der Waals surface area contributed by atoms with Crippen molar-refractivity contribution >= 4 is 15.9 Å². The quantitative estimate of drug-likeness (QED) is 0.821. The van der Waals surface area contributed by atoms with Gasteiger partial charge in [-0.1, -0.05) is 24.8 Å². The molecule has 0 atom stereocenters. The summed E-state index contributed by atoms with van der Waals surface area (Å²) in [6.45, 7) is 4.76. The van der Waals surface area contributed by atoms with Crippen molar-refractivity contribution < 1.29 is 4.74 Å². The van der Waals surface area contributed by atoms with Crippen LogP contribution in [0.3, 0.4) is 0 Å². The second-order valence-corrected chi connectivity index (χ2v) is 3.72. The van der Waals surface area contributed by atoms with Gasteiger partial charge < -0.3 is 10.5 Å². The SMILES string of the molecule is C=CCOc1c(Br)cccc1CCN. The van der Waals surface area contributed by atoms with Gasteiger partial charge in [-0.25, -0.2) is 0 Å². The van der Waals surface area contributed by atoms with Crippen molar-refractivity contribution in [1.82, 2.24) is 0 Å². The molecule has 2 nitrogen and oxygen atoms in total. The lowest BCUT2D eigenvalue weighted by molar-refractivity contribution is 0.357. The van der Waals surface area contributed by atoms with Gasteiger partial charge in [0, 0.05) is 0 Å². The first-order chi connectivity index (χ1) is 6.79. The minimum atomic E-state index is 0.514. The number of rotatable bonds is 5. The van der Waals surface area contributed by atoms with Crippen LogP contribution in [0.1, 0.15) is 5.56 Å². The predicted molar refractivity (Wildman–Crippen MR) is 62.6 cm³/mol. The minimum Gasteiger partial charge on any atom is -0.488 e. The Labute approximate surface area is 92.9 Å². The first-order valence-corrected chi connectivity index (χ1v) is 5.30. The van der Waals surface area contributed by atoms with E-state index in [0.29, 0.717) is 13.2 Å². The van der Waals surface area contributed by atoms with Crippen molar-refractivity contribution in [1.29, 1.82) is 0 Å². The Morgan fingerprint density at radius 1 is 1.50 bits per heavy atom. The van der Waals surface area contributed by atoms with E-state index < -0.39 is 0 Å². The van der Waals surface area contributed by atoms with E-state index in [2.05, 4.69) is 22.5 Å². The lowest BCUT2D eigenvalue weighted by atomic mass is 10.1. The number of hydrogen-bond donors (Lipinski definition) is 1. The van der Waals surface area contributed by atoms with E-state index in [1.165, 1.54) is 0 Å².